The van der Waals surface area contributed by atoms with Crippen LogP contribution in [0, 0.1) is 35.0 Å². The normalized spacial score (nSPS) is 36.7. The summed E-state index contributed by atoms with van der Waals surface area (Å²) >= 11 is 0. The van der Waals surface area contributed by atoms with E-state index in [0.29, 0.717) is 42.1 Å². The first-order valence-corrected chi connectivity index (χ1v) is 25.4. The van der Waals surface area contributed by atoms with E-state index in [-0.39, 0.29) is 60.5 Å². The van der Waals surface area contributed by atoms with Crippen LogP contribution in [-0.4, -0.2) is 85.6 Å². The molecule has 6 heterocycles. The number of aliphatic hydroxyl groups is 1. The van der Waals surface area contributed by atoms with Gasteiger partial charge in [-0.3, -0.25) is 9.59 Å². The largest absolute Gasteiger partial charge is 0.463 e. The van der Waals surface area contributed by atoms with Crippen LogP contribution in [0.15, 0.2) is 100 Å². The number of dihydropyridines is 2. The summed E-state index contributed by atoms with van der Waals surface area (Å²) in [5.41, 5.74) is 9.75. The van der Waals surface area contributed by atoms with Gasteiger partial charge in [-0.2, -0.15) is 0 Å². The Hall–Kier alpha value is -4.59. The van der Waals surface area contributed by atoms with Gasteiger partial charge in [0.05, 0.1) is 25.5 Å². The molecule has 12 heteroatoms. The molecule has 4 aliphatic carbocycles. The van der Waals surface area contributed by atoms with Crippen LogP contribution < -0.4 is 32.3 Å². The lowest BCUT2D eigenvalue weighted by molar-refractivity contribution is -0.151. The first kappa shape index (κ1) is 46.2. The van der Waals surface area contributed by atoms with Gasteiger partial charge < -0.3 is 46.9 Å². The maximum atomic E-state index is 15.6. The molecule has 1 unspecified atom stereocenters. The van der Waals surface area contributed by atoms with Crippen molar-refractivity contribution < 1.29 is 29.0 Å². The van der Waals surface area contributed by atoms with Crippen LogP contribution in [0.1, 0.15) is 124 Å². The second kappa shape index (κ2) is 18.4. The predicted octanol–water partition coefficient (Wildman–Crippen LogP) is 6.47. The number of allylic oxidation sites excluding steroid dienone is 8. The van der Waals surface area contributed by atoms with Gasteiger partial charge in [0.25, 0.3) is 5.60 Å². The van der Waals surface area contributed by atoms with Gasteiger partial charge in [-0.15, -0.1) is 0 Å². The minimum atomic E-state index is -2.17. The quantitative estimate of drug-likeness (QED) is 0.0558. The van der Waals surface area contributed by atoms with Crippen LogP contribution in [0.3, 0.4) is 0 Å². The number of rotatable bonds is 11. The highest BCUT2D eigenvalue weighted by Gasteiger charge is 2.86. The second-order valence-corrected chi connectivity index (χ2v) is 21.5. The Morgan fingerprint density at radius 3 is 2.72 bits per heavy atom. The van der Waals surface area contributed by atoms with E-state index in [1.54, 1.807) is 6.07 Å². The molecule has 1 aromatic rings. The van der Waals surface area contributed by atoms with Crippen molar-refractivity contribution in [2.45, 2.75) is 134 Å². The molecule has 1 aromatic carbocycles. The number of Topliss-reactive ketones (excluding diaryl/α,β-unsaturated/α-hetero) is 2. The number of epoxide rings is 1. The molecule has 8 N–H and O–H groups in total. The third-order valence-corrected chi connectivity index (χ3v) is 17.5. The highest BCUT2D eigenvalue weighted by molar-refractivity contribution is 6.33. The van der Waals surface area contributed by atoms with Crippen LogP contribution in [0.5, 0.6) is 0 Å². The summed E-state index contributed by atoms with van der Waals surface area (Å²) in [5.74, 6) is 1.13. The molecule has 10 aliphatic rings. The van der Waals surface area contributed by atoms with E-state index in [9.17, 15) is 5.11 Å². The molecule has 12 nitrogen and oxygen atoms in total. The monoisotopic (exact) mass is 913 g/mol. The van der Waals surface area contributed by atoms with E-state index < -0.39 is 28.7 Å². The van der Waals surface area contributed by atoms with Crippen LogP contribution in [0.2, 0.25) is 0 Å². The van der Waals surface area contributed by atoms with Crippen molar-refractivity contribution in [2.24, 2.45) is 40.7 Å². The number of benzene rings is 1. The fourth-order valence-electron chi connectivity index (χ4n) is 13.9. The van der Waals surface area contributed by atoms with Crippen LogP contribution in [0.4, 0.5) is 0 Å². The van der Waals surface area contributed by atoms with Crippen molar-refractivity contribution in [3.05, 3.63) is 117 Å². The summed E-state index contributed by atoms with van der Waals surface area (Å²) in [4.78, 5) is 46.3. The molecule has 67 heavy (non-hydrogen) atoms. The predicted molar refractivity (Wildman–Crippen MR) is 259 cm³/mol. The highest BCUT2D eigenvalue weighted by atomic mass is 16.7. The summed E-state index contributed by atoms with van der Waals surface area (Å²) in [6, 6.07) is 5.53. The van der Waals surface area contributed by atoms with Crippen LogP contribution in [0.25, 0.3) is 0 Å². The van der Waals surface area contributed by atoms with E-state index in [1.807, 2.05) is 38.4 Å². The molecule has 6 bridgehead atoms. The average Bonchev–Trinajstić information content (AvgIpc) is 4.04. The topological polar surface area (TPSA) is 179 Å². The molecule has 6 aliphatic heterocycles. The van der Waals surface area contributed by atoms with Gasteiger partial charge in [0, 0.05) is 42.3 Å². The number of ether oxygens (including phenoxy) is 2. The average molecular weight is 913 g/mol. The first-order valence-electron chi connectivity index (χ1n) is 25.4. The lowest BCUT2D eigenvalue weighted by atomic mass is 9.54. The Bertz CT molecular complexity index is 2410. The number of ketones is 2. The maximum Gasteiger partial charge on any atom is 0.350 e. The number of hydrogen-bond donors (Lipinski definition) is 7. The third-order valence-electron chi connectivity index (χ3n) is 17.5. The molecule has 2 fully saturated rings. The van der Waals surface area contributed by atoms with Crippen molar-refractivity contribution in [1.82, 2.24) is 26.6 Å². The number of nitrogens with two attached hydrogens (primary N) is 1. The molecule has 0 radical (unpaired) electrons. The van der Waals surface area contributed by atoms with Gasteiger partial charge in [0.15, 0.2) is 11.4 Å². The summed E-state index contributed by atoms with van der Waals surface area (Å²) in [7, 11) is 1.96. The standard InChI is InChI=1S/C55H72N6O6/c1-5-58-44-25-36-9-6-12-39-34-11-8-23-53(3,26-33-15-20-45(56)60-29-33)27-37-10-7-13-42-48(37)50(64)55(52(65)66-31-43(44)41(18-17-34)47(36)39)54(67-55,49(42)63)28-38(30-62)32(2)14-16-35-22-24-59-51-40(35)19-21-46(57-4)61-51/h6-7,9-10,13,15,20,22,25,29,34,39,41,43-47,57-62H,5,8,11-12,14,16-19,21,23-24,26-28,30-31,56H2,1-4H3/b38-32-/t34-,39+,41+,43+,44-,45?,46+,47-,53-,54+,55+/m1/s1. The van der Waals surface area contributed by atoms with E-state index in [4.69, 9.17) is 15.2 Å². The Balaban J connectivity index is 1.02. The number of esters is 1. The van der Waals surface area contributed by atoms with Gasteiger partial charge in [0.1, 0.15) is 5.82 Å². The first-order chi connectivity index (χ1) is 32.4. The Labute approximate surface area is 396 Å². The van der Waals surface area contributed by atoms with Crippen LogP contribution >= 0.6 is 0 Å². The van der Waals surface area contributed by atoms with Gasteiger partial charge in [-0.25, -0.2) is 4.79 Å². The van der Waals surface area contributed by atoms with E-state index in [1.165, 1.54) is 16.7 Å². The Morgan fingerprint density at radius 1 is 1.06 bits per heavy atom. The van der Waals surface area contributed by atoms with Gasteiger partial charge in [-0.1, -0.05) is 80.8 Å². The van der Waals surface area contributed by atoms with Gasteiger partial charge in [-0.05, 0) is 153 Å². The number of carbonyl (C=O) groups is 3. The molecule has 0 aromatic heterocycles. The fraction of sp³-hybridized carbons (Fsp3) is 0.582. The number of likely N-dealkylation sites (N-methyl/N-ethyl adjacent to an activating group) is 1. The van der Waals surface area contributed by atoms with E-state index in [2.05, 4.69) is 70.8 Å². The third kappa shape index (κ3) is 8.12. The Morgan fingerprint density at radius 2 is 1.93 bits per heavy atom. The second-order valence-electron chi connectivity index (χ2n) is 21.5. The van der Waals surface area contributed by atoms with Gasteiger partial charge in [0.2, 0.25) is 5.78 Å². The highest BCUT2D eigenvalue weighted by Crippen LogP contribution is 2.61. The molecule has 11 atom stereocenters. The molecule has 1 saturated heterocycles. The van der Waals surface area contributed by atoms with Crippen LogP contribution in [-0.2, 0) is 20.7 Å². The van der Waals surface area contributed by atoms with Gasteiger partial charge >= 0.3 is 5.97 Å². The lowest BCUT2D eigenvalue weighted by Gasteiger charge is -2.52. The molecule has 358 valence electrons. The van der Waals surface area contributed by atoms with Crippen molar-refractivity contribution >= 4 is 17.5 Å². The maximum absolute atomic E-state index is 15.6. The minimum absolute atomic E-state index is 0.00883. The fourth-order valence-corrected chi connectivity index (χ4v) is 13.9. The number of fused-ring (bicyclic) bond motifs is 7. The lowest BCUT2D eigenvalue weighted by Crippen LogP contribution is -2.53. The zero-order valence-electron chi connectivity index (χ0n) is 40.0. The Kier molecular flexibility index (Phi) is 12.7. The molecular formula is C55H72N6O6. The van der Waals surface area contributed by atoms with E-state index >= 15 is 14.4 Å². The summed E-state index contributed by atoms with van der Waals surface area (Å²) in [6.45, 7) is 7.67. The number of nitrogens with one attached hydrogen (secondary N) is 5. The number of carbonyl (C=O) groups excluding carboxylic acids is 3. The van der Waals surface area contributed by atoms with Crippen molar-refractivity contribution in [3.63, 3.8) is 0 Å². The van der Waals surface area contributed by atoms with Crippen molar-refractivity contribution in [2.75, 3.05) is 33.4 Å². The zero-order chi connectivity index (χ0) is 46.7. The molecule has 0 amide bonds. The summed E-state index contributed by atoms with van der Waals surface area (Å²) < 4.78 is 13.1. The smallest absolute Gasteiger partial charge is 0.350 e. The number of hydrogen-bond acceptors (Lipinski definition) is 12. The molecule has 1 spiro atoms. The molecule has 11 rings (SSSR count). The van der Waals surface area contributed by atoms with Crippen molar-refractivity contribution in [3.8, 4) is 0 Å². The molecule has 1 saturated carbocycles. The number of aliphatic hydroxyl groups excluding tert-OH is 1. The summed E-state index contributed by atoms with van der Waals surface area (Å²) in [6.07, 6.45) is 26.2. The summed E-state index contributed by atoms with van der Waals surface area (Å²) in [5, 5.41) is 28.5. The van der Waals surface area contributed by atoms with Crippen molar-refractivity contribution in [1.29, 1.82) is 0 Å². The molecular weight excluding hydrogens is 841 g/mol. The zero-order valence-corrected chi connectivity index (χ0v) is 40.0. The minimum Gasteiger partial charge on any atom is -0.463 e. The van der Waals surface area contributed by atoms with E-state index in [0.717, 1.165) is 99.8 Å². The SMILES string of the molecule is CCN[C@@H]1C=C2C=CC[C@H]3[C@@H]4CCC[C@](C)(CC5=CNC(N)C=C5)Cc5cccc6c5C(=O)[C@]5(O[C@@]5(C/C(CO)=C(\C)CCC5=CCNC7=C5CC[C@@H](NC)N7)C6=O)C(=O)OC[C@H]1[C@H](CC4)[C@H]23.